The maximum absolute atomic E-state index is 12.1. The van der Waals surface area contributed by atoms with Gasteiger partial charge in [-0.3, -0.25) is 9.69 Å². The van der Waals surface area contributed by atoms with Crippen LogP contribution in [0.3, 0.4) is 0 Å². The third-order valence-corrected chi connectivity index (χ3v) is 6.72. The highest BCUT2D eigenvalue weighted by Gasteiger charge is 2.25. The Kier molecular flexibility index (Phi) is 5.80. The summed E-state index contributed by atoms with van der Waals surface area (Å²) in [6, 6.07) is 0. The van der Waals surface area contributed by atoms with Gasteiger partial charge in [0.1, 0.15) is 16.5 Å². The number of hydrogen-bond acceptors (Lipinski definition) is 7. The molecule has 0 aromatic carbocycles. The van der Waals surface area contributed by atoms with Crippen LogP contribution < -0.4 is 5.32 Å². The number of thiophene rings is 1. The first kappa shape index (κ1) is 19.5. The van der Waals surface area contributed by atoms with E-state index >= 15 is 0 Å². The number of nitrogens with zero attached hydrogens (tertiary/aromatic N) is 4. The topological polar surface area (TPSA) is 70.6 Å². The number of amides is 1. The molecule has 0 spiro atoms. The monoisotopic (exact) mass is 403 g/mol. The quantitative estimate of drug-likeness (QED) is 0.825. The number of fused-ring (bicyclic) bond motifs is 3. The number of likely N-dealkylation sites (N-methyl/N-ethyl adjacent to an activating group) is 1. The summed E-state index contributed by atoms with van der Waals surface area (Å²) in [5.41, 5.74) is 1.39. The Labute approximate surface area is 170 Å². The Morgan fingerprint density at radius 1 is 1.32 bits per heavy atom. The summed E-state index contributed by atoms with van der Waals surface area (Å²) in [4.78, 5) is 28.3. The van der Waals surface area contributed by atoms with E-state index in [1.807, 2.05) is 0 Å². The fourth-order valence-electron chi connectivity index (χ4n) is 3.86. The number of carbonyl (C=O) groups excluding carboxylic acids is 1. The largest absolute Gasteiger partial charge is 0.379 e. The number of morpholine rings is 1. The molecule has 2 aromatic heterocycles. The van der Waals surface area contributed by atoms with Crippen molar-refractivity contribution in [3.63, 3.8) is 0 Å². The van der Waals surface area contributed by atoms with Gasteiger partial charge in [-0.05, 0) is 30.7 Å². The van der Waals surface area contributed by atoms with Crippen LogP contribution in [0.1, 0.15) is 29.6 Å². The predicted octanol–water partition coefficient (Wildman–Crippen LogP) is 2.15. The second kappa shape index (κ2) is 8.31. The lowest BCUT2D eigenvalue weighted by molar-refractivity contribution is -0.126. The highest BCUT2D eigenvalue weighted by atomic mass is 32.1. The molecule has 2 aromatic rings. The third-order valence-electron chi connectivity index (χ3n) is 5.58. The summed E-state index contributed by atoms with van der Waals surface area (Å²) in [7, 11) is 3.55. The summed E-state index contributed by atoms with van der Waals surface area (Å²) < 4.78 is 5.45. The first-order valence-corrected chi connectivity index (χ1v) is 10.9. The van der Waals surface area contributed by atoms with Gasteiger partial charge in [0, 0.05) is 32.1 Å². The van der Waals surface area contributed by atoms with Crippen LogP contribution in [-0.2, 0) is 28.9 Å². The molecule has 1 fully saturated rings. The van der Waals surface area contributed by atoms with Crippen molar-refractivity contribution in [1.82, 2.24) is 19.8 Å². The van der Waals surface area contributed by atoms with Gasteiger partial charge in [-0.2, -0.15) is 0 Å². The second-order valence-electron chi connectivity index (χ2n) is 8.05. The minimum absolute atomic E-state index is 0.0409. The molecule has 3 heterocycles. The minimum Gasteiger partial charge on any atom is -0.379 e. The predicted molar refractivity (Wildman–Crippen MR) is 112 cm³/mol. The number of ether oxygens (including phenoxy) is 1. The van der Waals surface area contributed by atoms with Crippen LogP contribution >= 0.6 is 11.3 Å². The summed E-state index contributed by atoms with van der Waals surface area (Å²) in [6.45, 7) is 6.61. The molecule has 1 saturated heterocycles. The lowest BCUT2D eigenvalue weighted by atomic mass is 9.89. The molecule has 7 nitrogen and oxygen atoms in total. The van der Waals surface area contributed by atoms with E-state index in [-0.39, 0.29) is 12.5 Å². The number of nitrogens with one attached hydrogen (secondary N) is 1. The molecule has 1 N–H and O–H groups in total. The molecule has 1 aliphatic heterocycles. The molecule has 0 bridgehead atoms. The number of aromatic nitrogens is 2. The van der Waals surface area contributed by atoms with E-state index in [9.17, 15) is 4.79 Å². The van der Waals surface area contributed by atoms with Gasteiger partial charge in [0.25, 0.3) is 0 Å². The lowest BCUT2D eigenvalue weighted by Gasteiger charge is -2.26. The molecule has 2 aliphatic rings. The first-order chi connectivity index (χ1) is 13.5. The number of rotatable bonds is 5. The van der Waals surface area contributed by atoms with Gasteiger partial charge < -0.3 is 15.0 Å². The molecular formula is C20H29N5O2S. The normalized spacial score (nSPS) is 20.2. The molecule has 1 atom stereocenters. The third kappa shape index (κ3) is 4.14. The summed E-state index contributed by atoms with van der Waals surface area (Å²) in [5, 5.41) is 4.44. The van der Waals surface area contributed by atoms with Crippen molar-refractivity contribution in [3.05, 3.63) is 16.3 Å². The Hall–Kier alpha value is -1.77. The zero-order chi connectivity index (χ0) is 19.7. The Balaban J connectivity index is 1.68. The summed E-state index contributed by atoms with van der Waals surface area (Å²) >= 11 is 1.80. The molecule has 1 aliphatic carbocycles. The first-order valence-electron chi connectivity index (χ1n) is 10.1. The van der Waals surface area contributed by atoms with Crippen LogP contribution in [0.4, 0.5) is 5.82 Å². The van der Waals surface area contributed by atoms with Crippen molar-refractivity contribution >= 4 is 33.3 Å². The fraction of sp³-hybridized carbons (Fsp3) is 0.650. The lowest BCUT2D eigenvalue weighted by Crippen LogP contribution is -2.36. The van der Waals surface area contributed by atoms with Crippen molar-refractivity contribution in [1.29, 1.82) is 0 Å². The van der Waals surface area contributed by atoms with E-state index in [0.29, 0.717) is 12.5 Å². The van der Waals surface area contributed by atoms with Crippen LogP contribution in [0.15, 0.2) is 0 Å². The number of carbonyl (C=O) groups is 1. The summed E-state index contributed by atoms with van der Waals surface area (Å²) in [5.74, 6) is 2.39. The highest BCUT2D eigenvalue weighted by molar-refractivity contribution is 7.19. The van der Waals surface area contributed by atoms with Crippen LogP contribution in [-0.4, -0.2) is 72.6 Å². The van der Waals surface area contributed by atoms with Crippen LogP contribution in [0, 0.1) is 5.92 Å². The fourth-order valence-corrected chi connectivity index (χ4v) is 5.26. The minimum atomic E-state index is 0.0409. The highest BCUT2D eigenvalue weighted by Crippen LogP contribution is 2.40. The molecule has 0 saturated carbocycles. The molecule has 28 heavy (non-hydrogen) atoms. The molecule has 0 radical (unpaired) electrons. The van der Waals surface area contributed by atoms with Crippen molar-refractivity contribution in [2.75, 3.05) is 52.3 Å². The maximum atomic E-state index is 12.1. The molecule has 4 rings (SSSR count). The molecule has 0 unspecified atom stereocenters. The number of anilines is 1. The van der Waals surface area contributed by atoms with Crippen LogP contribution in [0.25, 0.3) is 10.2 Å². The second-order valence-corrected chi connectivity index (χ2v) is 9.13. The molecular weight excluding hydrogens is 374 g/mol. The number of aryl methyl sites for hydroxylation is 1. The Bertz CT molecular complexity index is 860. The van der Waals surface area contributed by atoms with E-state index < -0.39 is 0 Å². The van der Waals surface area contributed by atoms with E-state index in [4.69, 9.17) is 14.7 Å². The van der Waals surface area contributed by atoms with Gasteiger partial charge in [-0.25, -0.2) is 9.97 Å². The number of hydrogen-bond donors (Lipinski definition) is 1. The average Bonchev–Trinajstić information content (AvgIpc) is 3.03. The molecule has 8 heteroatoms. The van der Waals surface area contributed by atoms with Gasteiger partial charge >= 0.3 is 0 Å². The SMILES string of the molecule is C[C@H]1CCc2c(sc3nc(CN4CCOCC4)nc(NCC(=O)N(C)C)c23)C1. The molecule has 1 amide bonds. The van der Waals surface area contributed by atoms with Gasteiger partial charge in [0.2, 0.25) is 5.91 Å². The van der Waals surface area contributed by atoms with Crippen LogP contribution in [0.2, 0.25) is 0 Å². The standard InChI is InChI=1S/C20H29N5O2S/c1-13-4-5-14-15(10-13)28-20-18(14)19(21-11-17(26)24(2)3)22-16(23-20)12-25-6-8-27-9-7-25/h13H,4-12H2,1-3H3,(H,21,22,23)/t13-/m0/s1. The van der Waals surface area contributed by atoms with Crippen LogP contribution in [0.5, 0.6) is 0 Å². The van der Waals surface area contributed by atoms with E-state index in [0.717, 1.165) is 61.0 Å². The van der Waals surface area contributed by atoms with E-state index in [1.54, 1.807) is 30.3 Å². The zero-order valence-corrected chi connectivity index (χ0v) is 17.8. The average molecular weight is 404 g/mol. The molecule has 152 valence electrons. The van der Waals surface area contributed by atoms with Gasteiger partial charge in [0.15, 0.2) is 0 Å². The Morgan fingerprint density at radius 2 is 2.11 bits per heavy atom. The van der Waals surface area contributed by atoms with E-state index in [1.165, 1.54) is 16.9 Å². The van der Waals surface area contributed by atoms with Gasteiger partial charge in [-0.1, -0.05) is 6.92 Å². The van der Waals surface area contributed by atoms with Gasteiger partial charge in [-0.15, -0.1) is 11.3 Å². The Morgan fingerprint density at radius 3 is 2.86 bits per heavy atom. The smallest absolute Gasteiger partial charge is 0.241 e. The van der Waals surface area contributed by atoms with Crippen molar-refractivity contribution in [2.45, 2.75) is 32.7 Å². The zero-order valence-electron chi connectivity index (χ0n) is 17.0. The van der Waals surface area contributed by atoms with Crippen molar-refractivity contribution < 1.29 is 9.53 Å². The van der Waals surface area contributed by atoms with E-state index in [2.05, 4.69) is 17.1 Å². The maximum Gasteiger partial charge on any atom is 0.241 e. The summed E-state index contributed by atoms with van der Waals surface area (Å²) in [6.07, 6.45) is 3.38. The van der Waals surface area contributed by atoms with Crippen molar-refractivity contribution in [3.8, 4) is 0 Å². The van der Waals surface area contributed by atoms with Crippen molar-refractivity contribution in [2.24, 2.45) is 5.92 Å². The van der Waals surface area contributed by atoms with Gasteiger partial charge in [0.05, 0.1) is 31.7 Å².